The van der Waals surface area contributed by atoms with Crippen LogP contribution in [0.4, 0.5) is 10.2 Å². The molecule has 0 saturated carbocycles. The van der Waals surface area contributed by atoms with Crippen molar-refractivity contribution in [1.29, 1.82) is 0 Å². The van der Waals surface area contributed by atoms with Crippen LogP contribution < -0.4 is 10.1 Å². The molecule has 162 valence electrons. The van der Waals surface area contributed by atoms with Crippen molar-refractivity contribution < 1.29 is 18.3 Å². The summed E-state index contributed by atoms with van der Waals surface area (Å²) in [7, 11) is 0. The van der Waals surface area contributed by atoms with Crippen molar-refractivity contribution in [3.63, 3.8) is 0 Å². The van der Waals surface area contributed by atoms with Crippen molar-refractivity contribution in [2.24, 2.45) is 0 Å². The smallest absolute Gasteiger partial charge is 0.249 e. The Kier molecular flexibility index (Phi) is 6.03. The highest BCUT2D eigenvalue weighted by Gasteiger charge is 2.15. The lowest BCUT2D eigenvalue weighted by molar-refractivity contribution is -0.111. The van der Waals surface area contributed by atoms with Gasteiger partial charge in [-0.05, 0) is 61.7 Å². The Morgan fingerprint density at radius 2 is 2.00 bits per heavy atom. The number of fused-ring (bicyclic) bond motifs is 1. The number of pyridine rings is 1. The van der Waals surface area contributed by atoms with Gasteiger partial charge in [0.15, 0.2) is 0 Å². The maximum Gasteiger partial charge on any atom is 0.249 e. The van der Waals surface area contributed by atoms with E-state index in [1.165, 1.54) is 18.2 Å². The first kappa shape index (κ1) is 21.3. The quantitative estimate of drug-likeness (QED) is 0.360. The summed E-state index contributed by atoms with van der Waals surface area (Å²) in [5.74, 6) is 0.567. The third-order valence-corrected chi connectivity index (χ3v) is 5.15. The van der Waals surface area contributed by atoms with Crippen molar-refractivity contribution in [2.75, 3.05) is 11.9 Å². The number of carbonyl (C=O) groups is 1. The van der Waals surface area contributed by atoms with E-state index < -0.39 is 0 Å². The molecule has 0 aliphatic carbocycles. The Balaban J connectivity index is 1.73. The standard InChI is InChI=1S/C26H23FN2O3/c1-4-31-23-14-24-21(22(15-32-24)18-7-9-19(27)10-8-18)13-20(23)17(3)12-25(30)29-26-16(2)6-5-11-28-26/h5-15H,4H2,1-3H3,(H,28,29,30)/b17-12+. The molecule has 32 heavy (non-hydrogen) atoms. The van der Waals surface area contributed by atoms with Crippen molar-refractivity contribution >= 4 is 28.3 Å². The zero-order chi connectivity index (χ0) is 22.7. The molecule has 0 aliphatic heterocycles. The largest absolute Gasteiger partial charge is 0.493 e. The Hall–Kier alpha value is -3.93. The van der Waals surface area contributed by atoms with E-state index in [2.05, 4.69) is 10.3 Å². The zero-order valence-corrected chi connectivity index (χ0v) is 18.1. The highest BCUT2D eigenvalue weighted by Crippen LogP contribution is 2.37. The lowest BCUT2D eigenvalue weighted by atomic mass is 9.99. The molecular weight excluding hydrogens is 407 g/mol. The molecule has 5 nitrogen and oxygen atoms in total. The Labute approximate surface area is 185 Å². The van der Waals surface area contributed by atoms with Gasteiger partial charge in [0.1, 0.15) is 23.0 Å². The molecule has 0 aliphatic rings. The summed E-state index contributed by atoms with van der Waals surface area (Å²) in [5, 5.41) is 3.67. The van der Waals surface area contributed by atoms with E-state index in [9.17, 15) is 9.18 Å². The summed E-state index contributed by atoms with van der Waals surface area (Å²) in [5.41, 5.74) is 4.71. The normalized spacial score (nSPS) is 11.6. The first-order valence-electron chi connectivity index (χ1n) is 10.3. The lowest BCUT2D eigenvalue weighted by Crippen LogP contribution is -2.11. The van der Waals surface area contributed by atoms with Crippen LogP contribution in [0.5, 0.6) is 5.75 Å². The molecule has 0 fully saturated rings. The van der Waals surface area contributed by atoms with Crippen molar-refractivity contribution in [3.05, 3.63) is 84.0 Å². The van der Waals surface area contributed by atoms with E-state index in [0.29, 0.717) is 23.8 Å². The SMILES string of the molecule is CCOc1cc2occ(-c3ccc(F)cc3)c2cc1/C(C)=C/C(=O)Nc1ncccc1C. The summed E-state index contributed by atoms with van der Waals surface area (Å²) in [6.45, 7) is 6.11. The fourth-order valence-corrected chi connectivity index (χ4v) is 3.53. The fraction of sp³-hybridized carbons (Fsp3) is 0.154. The number of allylic oxidation sites excluding steroid dienone is 1. The number of amides is 1. The molecule has 1 N–H and O–H groups in total. The number of furan rings is 1. The van der Waals surface area contributed by atoms with Gasteiger partial charge in [0, 0.05) is 34.9 Å². The summed E-state index contributed by atoms with van der Waals surface area (Å²) in [4.78, 5) is 16.8. The van der Waals surface area contributed by atoms with E-state index in [0.717, 1.165) is 33.2 Å². The summed E-state index contributed by atoms with van der Waals surface area (Å²) in [6.07, 6.45) is 4.80. The van der Waals surface area contributed by atoms with Crippen LogP contribution in [0.3, 0.4) is 0 Å². The van der Waals surface area contributed by atoms with Gasteiger partial charge < -0.3 is 14.5 Å². The maximum absolute atomic E-state index is 13.4. The molecule has 2 heterocycles. The third-order valence-electron chi connectivity index (χ3n) is 5.15. The topological polar surface area (TPSA) is 64.4 Å². The molecule has 6 heteroatoms. The zero-order valence-electron chi connectivity index (χ0n) is 18.1. The molecule has 4 aromatic rings. The van der Waals surface area contributed by atoms with Gasteiger partial charge in [-0.2, -0.15) is 0 Å². The number of carbonyl (C=O) groups excluding carboxylic acids is 1. The Morgan fingerprint density at radius 3 is 2.72 bits per heavy atom. The van der Waals surface area contributed by atoms with Gasteiger partial charge in [-0.15, -0.1) is 0 Å². The number of hydrogen-bond donors (Lipinski definition) is 1. The molecule has 2 aromatic carbocycles. The van der Waals surface area contributed by atoms with Crippen LogP contribution in [0.25, 0.3) is 27.7 Å². The van der Waals surface area contributed by atoms with Gasteiger partial charge in [-0.25, -0.2) is 9.37 Å². The van der Waals surface area contributed by atoms with E-state index in [1.807, 2.05) is 45.0 Å². The van der Waals surface area contributed by atoms with Crippen LogP contribution in [-0.4, -0.2) is 17.5 Å². The third kappa shape index (κ3) is 4.39. The van der Waals surface area contributed by atoms with Crippen LogP contribution in [0.1, 0.15) is 25.0 Å². The predicted octanol–water partition coefficient (Wildman–Crippen LogP) is 6.38. The average Bonchev–Trinajstić information content (AvgIpc) is 3.18. The van der Waals surface area contributed by atoms with Crippen LogP contribution in [0.15, 0.2) is 71.5 Å². The van der Waals surface area contributed by atoms with Crippen LogP contribution in [0, 0.1) is 12.7 Å². The second-order valence-electron chi connectivity index (χ2n) is 7.42. The highest BCUT2D eigenvalue weighted by atomic mass is 19.1. The summed E-state index contributed by atoms with van der Waals surface area (Å²) in [6, 6.07) is 13.7. The van der Waals surface area contributed by atoms with E-state index >= 15 is 0 Å². The molecule has 0 radical (unpaired) electrons. The van der Waals surface area contributed by atoms with Gasteiger partial charge in [-0.1, -0.05) is 18.2 Å². The number of benzene rings is 2. The molecule has 2 aromatic heterocycles. The minimum absolute atomic E-state index is 0.280. The van der Waals surface area contributed by atoms with Gasteiger partial charge >= 0.3 is 0 Å². The number of nitrogens with one attached hydrogen (secondary N) is 1. The first-order chi connectivity index (χ1) is 15.5. The molecule has 0 spiro atoms. The number of rotatable bonds is 6. The minimum Gasteiger partial charge on any atom is -0.493 e. The monoisotopic (exact) mass is 430 g/mol. The number of anilines is 1. The van der Waals surface area contributed by atoms with Gasteiger partial charge in [0.05, 0.1) is 12.9 Å². The van der Waals surface area contributed by atoms with Crippen molar-refractivity contribution in [2.45, 2.75) is 20.8 Å². The van der Waals surface area contributed by atoms with Crippen molar-refractivity contribution in [3.8, 4) is 16.9 Å². The Bertz CT molecular complexity index is 1310. The number of hydrogen-bond acceptors (Lipinski definition) is 4. The highest BCUT2D eigenvalue weighted by molar-refractivity contribution is 6.05. The molecule has 0 saturated heterocycles. The van der Waals surface area contributed by atoms with Crippen LogP contribution >= 0.6 is 0 Å². The molecule has 0 unspecified atom stereocenters. The second kappa shape index (κ2) is 9.06. The van der Waals surface area contributed by atoms with Gasteiger partial charge in [0.2, 0.25) is 5.91 Å². The average molecular weight is 430 g/mol. The number of halogens is 1. The van der Waals surface area contributed by atoms with E-state index in [4.69, 9.17) is 9.15 Å². The van der Waals surface area contributed by atoms with Gasteiger partial charge in [0.25, 0.3) is 0 Å². The first-order valence-corrected chi connectivity index (χ1v) is 10.3. The number of ether oxygens (including phenoxy) is 1. The van der Waals surface area contributed by atoms with Gasteiger partial charge in [-0.3, -0.25) is 4.79 Å². The Morgan fingerprint density at radius 1 is 1.22 bits per heavy atom. The number of aryl methyl sites for hydroxylation is 1. The molecule has 0 atom stereocenters. The lowest BCUT2D eigenvalue weighted by Gasteiger charge is -2.12. The second-order valence-corrected chi connectivity index (χ2v) is 7.42. The molecule has 0 bridgehead atoms. The maximum atomic E-state index is 13.4. The minimum atomic E-state index is -0.297. The molecule has 1 amide bonds. The summed E-state index contributed by atoms with van der Waals surface area (Å²) < 4.78 is 24.9. The predicted molar refractivity (Wildman–Crippen MR) is 124 cm³/mol. The molecular formula is C26H23FN2O3. The van der Waals surface area contributed by atoms with Crippen molar-refractivity contribution in [1.82, 2.24) is 4.98 Å². The summed E-state index contributed by atoms with van der Waals surface area (Å²) >= 11 is 0. The molecule has 4 rings (SSSR count). The van der Waals surface area contributed by atoms with E-state index in [1.54, 1.807) is 24.6 Å². The number of nitrogens with zero attached hydrogens (tertiary/aromatic N) is 1. The fourth-order valence-electron chi connectivity index (χ4n) is 3.53. The number of aromatic nitrogens is 1. The van der Waals surface area contributed by atoms with E-state index in [-0.39, 0.29) is 11.7 Å². The van der Waals surface area contributed by atoms with Crippen LogP contribution in [-0.2, 0) is 4.79 Å². The van der Waals surface area contributed by atoms with Crippen LogP contribution in [0.2, 0.25) is 0 Å².